The fourth-order valence-corrected chi connectivity index (χ4v) is 4.17. The Hall–Kier alpha value is -1.40. The number of hydrogen-bond donors (Lipinski definition) is 1. The van der Waals surface area contributed by atoms with E-state index >= 15 is 0 Å². The Morgan fingerprint density at radius 1 is 1.46 bits per heavy atom. The molecule has 134 valence electrons. The van der Waals surface area contributed by atoms with E-state index in [1.165, 1.54) is 12.8 Å². The lowest BCUT2D eigenvalue weighted by molar-refractivity contribution is -0.125. The Balaban J connectivity index is 1.62. The summed E-state index contributed by atoms with van der Waals surface area (Å²) in [6, 6.07) is 1.87. The molecule has 0 bridgehead atoms. The van der Waals surface area contributed by atoms with Crippen molar-refractivity contribution in [3.8, 4) is 0 Å². The molecule has 1 aromatic rings. The summed E-state index contributed by atoms with van der Waals surface area (Å²) in [7, 11) is 2.19. The van der Waals surface area contributed by atoms with Crippen molar-refractivity contribution in [2.45, 2.75) is 52.1 Å². The third-order valence-corrected chi connectivity index (χ3v) is 5.58. The number of aromatic nitrogens is 1. The van der Waals surface area contributed by atoms with E-state index in [0.717, 1.165) is 50.5 Å². The van der Waals surface area contributed by atoms with Gasteiger partial charge in [-0.1, -0.05) is 12.1 Å². The highest BCUT2D eigenvalue weighted by atomic mass is 16.5. The van der Waals surface area contributed by atoms with Gasteiger partial charge in [0.05, 0.1) is 18.3 Å². The molecule has 0 unspecified atom stereocenters. The Kier molecular flexibility index (Phi) is 5.25. The predicted octanol–water partition coefficient (Wildman–Crippen LogP) is 1.80. The zero-order chi connectivity index (χ0) is 17.2. The third-order valence-electron chi connectivity index (χ3n) is 5.58. The highest BCUT2D eigenvalue weighted by molar-refractivity contribution is 5.82. The van der Waals surface area contributed by atoms with Gasteiger partial charge in [0.1, 0.15) is 0 Å². The van der Waals surface area contributed by atoms with Gasteiger partial charge in [0.15, 0.2) is 5.76 Å². The van der Waals surface area contributed by atoms with Crippen LogP contribution in [0.2, 0.25) is 0 Å². The highest BCUT2D eigenvalue weighted by Gasteiger charge is 2.47. The van der Waals surface area contributed by atoms with Crippen LogP contribution >= 0.6 is 0 Å². The molecule has 1 N–H and O–H groups in total. The van der Waals surface area contributed by atoms with Crippen LogP contribution in [0.3, 0.4) is 0 Å². The summed E-state index contributed by atoms with van der Waals surface area (Å²) in [5, 5.41) is 6.92. The summed E-state index contributed by atoms with van der Waals surface area (Å²) >= 11 is 0. The predicted molar refractivity (Wildman–Crippen MR) is 92.5 cm³/mol. The minimum atomic E-state index is -0.00243. The van der Waals surface area contributed by atoms with Crippen LogP contribution in [0.5, 0.6) is 0 Å². The van der Waals surface area contributed by atoms with Crippen molar-refractivity contribution >= 4 is 5.91 Å². The molecule has 2 aliphatic rings. The second-order valence-electron chi connectivity index (χ2n) is 7.65. The van der Waals surface area contributed by atoms with Crippen LogP contribution in [0.4, 0.5) is 0 Å². The smallest absolute Gasteiger partial charge is 0.237 e. The fourth-order valence-electron chi connectivity index (χ4n) is 4.17. The van der Waals surface area contributed by atoms with Gasteiger partial charge in [0.25, 0.3) is 0 Å². The first-order chi connectivity index (χ1) is 11.5. The van der Waals surface area contributed by atoms with E-state index in [1.807, 2.05) is 13.0 Å². The van der Waals surface area contributed by atoms with Crippen molar-refractivity contribution in [1.82, 2.24) is 20.3 Å². The average Bonchev–Trinajstić information content (AvgIpc) is 3.13. The van der Waals surface area contributed by atoms with Crippen LogP contribution in [0, 0.1) is 12.3 Å². The standard InChI is InChI=1S/C18H30N4O2/c1-4-7-22-13-18(5-8-21(3)9-6-18)11-16(22)17(23)19-12-15-10-14(2)20-24-15/h10,16H,4-9,11-13H2,1-3H3,(H,19,23)/t16-/m1/s1. The Bertz CT molecular complexity index is 563. The maximum Gasteiger partial charge on any atom is 0.237 e. The first-order valence-corrected chi connectivity index (χ1v) is 9.14. The van der Waals surface area contributed by atoms with Crippen molar-refractivity contribution in [3.63, 3.8) is 0 Å². The Morgan fingerprint density at radius 3 is 2.83 bits per heavy atom. The lowest BCUT2D eigenvalue weighted by atomic mass is 9.76. The first kappa shape index (κ1) is 17.4. The molecule has 0 radical (unpaired) electrons. The van der Waals surface area contributed by atoms with E-state index in [9.17, 15) is 4.79 Å². The number of piperidine rings is 1. The molecule has 0 saturated carbocycles. The Morgan fingerprint density at radius 2 is 2.21 bits per heavy atom. The van der Waals surface area contributed by atoms with Crippen LogP contribution in [0.25, 0.3) is 0 Å². The van der Waals surface area contributed by atoms with Gasteiger partial charge in [-0.15, -0.1) is 0 Å². The fraction of sp³-hybridized carbons (Fsp3) is 0.778. The lowest BCUT2D eigenvalue weighted by Gasteiger charge is -2.37. The van der Waals surface area contributed by atoms with Gasteiger partial charge < -0.3 is 14.7 Å². The van der Waals surface area contributed by atoms with Crippen LogP contribution in [-0.4, -0.2) is 60.1 Å². The summed E-state index contributed by atoms with van der Waals surface area (Å²) in [4.78, 5) is 17.6. The molecule has 1 spiro atoms. The van der Waals surface area contributed by atoms with E-state index in [1.54, 1.807) is 0 Å². The number of carbonyl (C=O) groups excluding carboxylic acids is 1. The number of nitrogens with one attached hydrogen (secondary N) is 1. The first-order valence-electron chi connectivity index (χ1n) is 9.14. The minimum Gasteiger partial charge on any atom is -0.359 e. The summed E-state index contributed by atoms with van der Waals surface area (Å²) in [6.45, 7) is 8.85. The molecule has 6 nitrogen and oxygen atoms in total. The van der Waals surface area contributed by atoms with E-state index in [0.29, 0.717) is 12.0 Å². The second kappa shape index (κ2) is 7.23. The van der Waals surface area contributed by atoms with E-state index in [2.05, 4.69) is 34.2 Å². The van der Waals surface area contributed by atoms with Crippen LogP contribution < -0.4 is 5.32 Å². The normalized spacial score (nSPS) is 24.5. The topological polar surface area (TPSA) is 61.6 Å². The summed E-state index contributed by atoms with van der Waals surface area (Å²) < 4.78 is 5.19. The zero-order valence-corrected chi connectivity index (χ0v) is 15.2. The minimum absolute atomic E-state index is 0.00243. The van der Waals surface area contributed by atoms with Crippen LogP contribution in [0.15, 0.2) is 10.6 Å². The van der Waals surface area contributed by atoms with Crippen LogP contribution in [0.1, 0.15) is 44.1 Å². The van der Waals surface area contributed by atoms with Gasteiger partial charge in [-0.05, 0) is 64.7 Å². The van der Waals surface area contributed by atoms with Gasteiger partial charge in [-0.25, -0.2) is 0 Å². The number of hydrogen-bond acceptors (Lipinski definition) is 5. The largest absolute Gasteiger partial charge is 0.359 e. The lowest BCUT2D eigenvalue weighted by Crippen LogP contribution is -2.43. The summed E-state index contributed by atoms with van der Waals surface area (Å²) in [5.41, 5.74) is 1.17. The molecular weight excluding hydrogens is 304 g/mol. The van der Waals surface area contributed by atoms with Gasteiger partial charge in [-0.3, -0.25) is 9.69 Å². The van der Waals surface area contributed by atoms with Crippen molar-refractivity contribution in [2.24, 2.45) is 5.41 Å². The quantitative estimate of drug-likeness (QED) is 0.890. The molecule has 1 atom stereocenters. The van der Waals surface area contributed by atoms with E-state index < -0.39 is 0 Å². The van der Waals surface area contributed by atoms with Gasteiger partial charge in [0, 0.05) is 12.6 Å². The SMILES string of the molecule is CCCN1CC2(CCN(C)CC2)C[C@@H]1C(=O)NCc1cc(C)no1. The van der Waals surface area contributed by atoms with Gasteiger partial charge >= 0.3 is 0 Å². The monoisotopic (exact) mass is 334 g/mol. The molecule has 0 aliphatic carbocycles. The van der Waals surface area contributed by atoms with E-state index in [4.69, 9.17) is 4.52 Å². The molecule has 3 rings (SSSR count). The van der Waals surface area contributed by atoms with Crippen molar-refractivity contribution < 1.29 is 9.32 Å². The van der Waals surface area contributed by atoms with Crippen molar-refractivity contribution in [2.75, 3.05) is 33.2 Å². The molecule has 2 saturated heterocycles. The molecule has 1 aromatic heterocycles. The summed E-state index contributed by atoms with van der Waals surface area (Å²) in [6.07, 6.45) is 4.48. The zero-order valence-electron chi connectivity index (χ0n) is 15.2. The molecule has 2 aliphatic heterocycles. The molecule has 6 heteroatoms. The molecule has 1 amide bonds. The van der Waals surface area contributed by atoms with Crippen molar-refractivity contribution in [1.29, 1.82) is 0 Å². The van der Waals surface area contributed by atoms with Gasteiger partial charge in [-0.2, -0.15) is 0 Å². The third kappa shape index (κ3) is 3.81. The number of amides is 1. The molecule has 0 aromatic carbocycles. The van der Waals surface area contributed by atoms with Crippen molar-refractivity contribution in [3.05, 3.63) is 17.5 Å². The number of rotatable bonds is 5. The van der Waals surface area contributed by atoms with Crippen LogP contribution in [-0.2, 0) is 11.3 Å². The maximum absolute atomic E-state index is 12.8. The molecule has 2 fully saturated rings. The Labute approximate surface area is 144 Å². The molecule has 24 heavy (non-hydrogen) atoms. The summed E-state index contributed by atoms with van der Waals surface area (Å²) in [5.74, 6) is 0.850. The highest BCUT2D eigenvalue weighted by Crippen LogP contribution is 2.43. The average molecular weight is 334 g/mol. The number of carbonyl (C=O) groups is 1. The van der Waals surface area contributed by atoms with E-state index in [-0.39, 0.29) is 11.9 Å². The number of likely N-dealkylation sites (tertiary alicyclic amines) is 2. The number of aryl methyl sites for hydroxylation is 1. The molecular formula is C18H30N4O2. The second-order valence-corrected chi connectivity index (χ2v) is 7.65. The van der Waals surface area contributed by atoms with Gasteiger partial charge in [0.2, 0.25) is 5.91 Å². The maximum atomic E-state index is 12.8. The number of nitrogens with zero attached hydrogens (tertiary/aromatic N) is 3. The molecule has 3 heterocycles.